The standard InChI is InChI=1S/C27H26FN3O3S/c1-18-4-3-5-22(16-18)29-25(32)17-24-26(33)31(15-14-19-6-12-23(34-2)13-7-19)27(35-24)30-21-10-8-20(28)9-11-21/h3-13,16,24H,14-15,17H2,1-2H3,(H,29,32)/t24-/m0/s1. The quantitative estimate of drug-likeness (QED) is 0.461. The number of nitrogens with one attached hydrogen (secondary N) is 1. The number of aryl methyl sites for hydroxylation is 1. The van der Waals surface area contributed by atoms with Crippen molar-refractivity contribution in [3.63, 3.8) is 0 Å². The first-order valence-electron chi connectivity index (χ1n) is 11.2. The minimum absolute atomic E-state index is 0.0267. The van der Waals surface area contributed by atoms with Crippen LogP contribution in [0.25, 0.3) is 0 Å². The average molecular weight is 492 g/mol. The minimum Gasteiger partial charge on any atom is -0.497 e. The molecule has 1 aliphatic rings. The van der Waals surface area contributed by atoms with Crippen LogP contribution in [0.1, 0.15) is 17.5 Å². The molecule has 35 heavy (non-hydrogen) atoms. The molecule has 0 aromatic heterocycles. The predicted molar refractivity (Wildman–Crippen MR) is 138 cm³/mol. The summed E-state index contributed by atoms with van der Waals surface area (Å²) in [7, 11) is 1.61. The molecule has 0 saturated carbocycles. The number of anilines is 1. The van der Waals surface area contributed by atoms with Gasteiger partial charge in [0, 0.05) is 18.7 Å². The summed E-state index contributed by atoms with van der Waals surface area (Å²) in [5.74, 6) is 0.00862. The van der Waals surface area contributed by atoms with Crippen molar-refractivity contribution in [2.45, 2.75) is 25.0 Å². The van der Waals surface area contributed by atoms with E-state index in [-0.39, 0.29) is 24.1 Å². The van der Waals surface area contributed by atoms with E-state index in [1.165, 1.54) is 23.9 Å². The Labute approximate surface area is 208 Å². The van der Waals surface area contributed by atoms with Crippen LogP contribution in [0.2, 0.25) is 0 Å². The van der Waals surface area contributed by atoms with E-state index in [1.807, 2.05) is 55.5 Å². The monoisotopic (exact) mass is 491 g/mol. The van der Waals surface area contributed by atoms with Gasteiger partial charge in [-0.2, -0.15) is 0 Å². The molecule has 0 bridgehead atoms. The van der Waals surface area contributed by atoms with Crippen LogP contribution < -0.4 is 10.1 Å². The third kappa shape index (κ3) is 6.48. The van der Waals surface area contributed by atoms with Crippen molar-refractivity contribution in [1.82, 2.24) is 4.90 Å². The summed E-state index contributed by atoms with van der Waals surface area (Å²) in [5, 5.41) is 2.78. The van der Waals surface area contributed by atoms with E-state index in [9.17, 15) is 14.0 Å². The van der Waals surface area contributed by atoms with Crippen LogP contribution in [0.15, 0.2) is 77.8 Å². The molecule has 1 fully saturated rings. The van der Waals surface area contributed by atoms with Gasteiger partial charge in [-0.15, -0.1) is 0 Å². The summed E-state index contributed by atoms with van der Waals surface area (Å²) >= 11 is 1.26. The second-order valence-electron chi connectivity index (χ2n) is 8.19. The van der Waals surface area contributed by atoms with Crippen LogP contribution in [-0.2, 0) is 16.0 Å². The lowest BCUT2D eigenvalue weighted by molar-refractivity contribution is -0.128. The fourth-order valence-corrected chi connectivity index (χ4v) is 4.88. The number of methoxy groups -OCH3 is 1. The van der Waals surface area contributed by atoms with Gasteiger partial charge in [-0.1, -0.05) is 36.0 Å². The van der Waals surface area contributed by atoms with Crippen LogP contribution in [0, 0.1) is 12.7 Å². The van der Waals surface area contributed by atoms with E-state index >= 15 is 0 Å². The fraction of sp³-hybridized carbons (Fsp3) is 0.222. The SMILES string of the molecule is COc1ccc(CCN2C(=O)[C@H](CC(=O)Nc3cccc(C)c3)SC2=Nc2ccc(F)cc2)cc1. The molecule has 3 aromatic rings. The number of ether oxygens (including phenoxy) is 1. The van der Waals surface area contributed by atoms with Crippen LogP contribution in [-0.4, -0.2) is 40.8 Å². The van der Waals surface area contributed by atoms with Crippen molar-refractivity contribution in [2.24, 2.45) is 4.99 Å². The number of amidine groups is 1. The van der Waals surface area contributed by atoms with E-state index in [0.717, 1.165) is 16.9 Å². The van der Waals surface area contributed by atoms with Gasteiger partial charge in [0.25, 0.3) is 0 Å². The Morgan fingerprint density at radius 1 is 1.11 bits per heavy atom. The molecule has 1 heterocycles. The van der Waals surface area contributed by atoms with Crippen LogP contribution in [0.3, 0.4) is 0 Å². The first-order valence-corrected chi connectivity index (χ1v) is 12.1. The van der Waals surface area contributed by atoms with Crippen molar-refractivity contribution >= 4 is 40.1 Å². The van der Waals surface area contributed by atoms with Gasteiger partial charge in [-0.3, -0.25) is 14.5 Å². The number of carbonyl (C=O) groups is 2. The third-order valence-electron chi connectivity index (χ3n) is 5.53. The smallest absolute Gasteiger partial charge is 0.242 e. The number of carbonyl (C=O) groups excluding carboxylic acids is 2. The molecule has 1 saturated heterocycles. The average Bonchev–Trinajstić information content (AvgIpc) is 3.13. The maximum atomic E-state index is 13.3. The van der Waals surface area contributed by atoms with Gasteiger partial charge in [0.05, 0.1) is 12.8 Å². The molecule has 2 amide bonds. The molecule has 1 aliphatic heterocycles. The molecule has 0 unspecified atom stereocenters. The Bertz CT molecular complexity index is 1230. The third-order valence-corrected chi connectivity index (χ3v) is 6.70. The number of hydrogen-bond donors (Lipinski definition) is 1. The van der Waals surface area contributed by atoms with Gasteiger partial charge in [0.2, 0.25) is 11.8 Å². The molecule has 8 heteroatoms. The van der Waals surface area contributed by atoms with Crippen LogP contribution in [0.5, 0.6) is 5.75 Å². The van der Waals surface area contributed by atoms with Crippen LogP contribution >= 0.6 is 11.8 Å². The summed E-state index contributed by atoms with van der Waals surface area (Å²) in [4.78, 5) is 32.2. The summed E-state index contributed by atoms with van der Waals surface area (Å²) in [6.07, 6.45) is 0.639. The highest BCUT2D eigenvalue weighted by atomic mass is 32.2. The summed E-state index contributed by atoms with van der Waals surface area (Å²) in [6.45, 7) is 2.36. The number of hydrogen-bond acceptors (Lipinski definition) is 5. The number of halogens is 1. The molecule has 6 nitrogen and oxygen atoms in total. The first-order chi connectivity index (χ1) is 16.9. The molecule has 0 spiro atoms. The zero-order valence-electron chi connectivity index (χ0n) is 19.5. The number of benzene rings is 3. The molecular weight excluding hydrogens is 465 g/mol. The van der Waals surface area contributed by atoms with E-state index in [0.29, 0.717) is 29.5 Å². The van der Waals surface area contributed by atoms with Gasteiger partial charge in [0.15, 0.2) is 5.17 Å². The zero-order valence-corrected chi connectivity index (χ0v) is 20.3. The van der Waals surface area contributed by atoms with Crippen molar-refractivity contribution < 1.29 is 18.7 Å². The summed E-state index contributed by atoms with van der Waals surface area (Å²) in [5.41, 5.74) is 3.32. The van der Waals surface area contributed by atoms with Gasteiger partial charge in [-0.05, 0) is 73.0 Å². The van der Waals surface area contributed by atoms with Gasteiger partial charge >= 0.3 is 0 Å². The molecule has 4 rings (SSSR count). The largest absolute Gasteiger partial charge is 0.497 e. The number of aliphatic imine (C=N–C) groups is 1. The lowest BCUT2D eigenvalue weighted by Crippen LogP contribution is -2.35. The number of thioether (sulfide) groups is 1. The predicted octanol–water partition coefficient (Wildman–Crippen LogP) is 5.35. The lowest BCUT2D eigenvalue weighted by atomic mass is 10.1. The topological polar surface area (TPSA) is 71.0 Å². The Morgan fingerprint density at radius 2 is 1.86 bits per heavy atom. The molecule has 1 atom stereocenters. The Morgan fingerprint density at radius 3 is 2.54 bits per heavy atom. The highest BCUT2D eigenvalue weighted by Crippen LogP contribution is 2.32. The zero-order chi connectivity index (χ0) is 24.8. The number of rotatable bonds is 8. The highest BCUT2D eigenvalue weighted by molar-refractivity contribution is 8.15. The summed E-state index contributed by atoms with van der Waals surface area (Å²) in [6, 6.07) is 21.0. The first kappa shape index (κ1) is 24.5. The van der Waals surface area contributed by atoms with E-state index in [1.54, 1.807) is 24.1 Å². The maximum absolute atomic E-state index is 13.3. The van der Waals surface area contributed by atoms with Crippen molar-refractivity contribution in [2.75, 3.05) is 19.0 Å². The molecule has 1 N–H and O–H groups in total. The molecule has 0 aliphatic carbocycles. The van der Waals surface area contributed by atoms with E-state index in [2.05, 4.69) is 10.3 Å². The minimum atomic E-state index is -0.588. The Balaban J connectivity index is 1.49. The van der Waals surface area contributed by atoms with Gasteiger partial charge in [0.1, 0.15) is 16.8 Å². The van der Waals surface area contributed by atoms with E-state index in [4.69, 9.17) is 4.74 Å². The van der Waals surface area contributed by atoms with Crippen molar-refractivity contribution in [1.29, 1.82) is 0 Å². The second-order valence-corrected chi connectivity index (χ2v) is 9.36. The number of amides is 2. The maximum Gasteiger partial charge on any atom is 0.242 e. The molecule has 180 valence electrons. The number of nitrogens with zero attached hydrogens (tertiary/aromatic N) is 2. The lowest BCUT2D eigenvalue weighted by Gasteiger charge is -2.17. The van der Waals surface area contributed by atoms with Gasteiger partial charge < -0.3 is 10.1 Å². The van der Waals surface area contributed by atoms with Crippen molar-refractivity contribution in [3.8, 4) is 5.75 Å². The molecular formula is C27H26FN3O3S. The fourth-order valence-electron chi connectivity index (χ4n) is 3.69. The Hall–Kier alpha value is -3.65. The molecule has 3 aromatic carbocycles. The normalized spacial score (nSPS) is 16.5. The highest BCUT2D eigenvalue weighted by Gasteiger charge is 2.39. The van der Waals surface area contributed by atoms with E-state index < -0.39 is 5.25 Å². The summed E-state index contributed by atoms with van der Waals surface area (Å²) < 4.78 is 18.5. The van der Waals surface area contributed by atoms with Crippen LogP contribution in [0.4, 0.5) is 15.8 Å². The van der Waals surface area contributed by atoms with Crippen molar-refractivity contribution in [3.05, 3.63) is 89.7 Å². The van der Waals surface area contributed by atoms with Gasteiger partial charge in [-0.25, -0.2) is 9.38 Å². The second kappa shape index (κ2) is 11.2. The Kier molecular flexibility index (Phi) is 7.82. The molecule has 0 radical (unpaired) electrons.